The van der Waals surface area contributed by atoms with Crippen LogP contribution in [0.4, 0.5) is 17.5 Å². The number of ether oxygens (including phenoxy) is 1. The van der Waals surface area contributed by atoms with Crippen LogP contribution in [0.5, 0.6) is 0 Å². The minimum absolute atomic E-state index is 0.0599. The van der Waals surface area contributed by atoms with Crippen molar-refractivity contribution in [2.45, 2.75) is 19.6 Å². The van der Waals surface area contributed by atoms with Crippen LogP contribution in [0.3, 0.4) is 0 Å². The molecule has 0 aliphatic carbocycles. The summed E-state index contributed by atoms with van der Waals surface area (Å²) in [5, 5.41) is 13.5. The molecule has 0 aliphatic rings. The maximum atomic E-state index is 10.7. The molecule has 2 heterocycles. The molecule has 0 bridgehead atoms. The van der Waals surface area contributed by atoms with E-state index in [0.717, 1.165) is 16.9 Å². The number of nitrogen functional groups attached to an aromatic ring is 1. The van der Waals surface area contributed by atoms with Crippen LogP contribution in [0.15, 0.2) is 11.6 Å². The maximum absolute atomic E-state index is 10.7. The summed E-state index contributed by atoms with van der Waals surface area (Å²) in [6.45, 7) is 2.39. The topological polar surface area (TPSA) is 120 Å². The second kappa shape index (κ2) is 6.62. The van der Waals surface area contributed by atoms with Gasteiger partial charge in [0.15, 0.2) is 0 Å². The predicted molar refractivity (Wildman–Crippen MR) is 82.7 cm³/mol. The van der Waals surface area contributed by atoms with Crippen molar-refractivity contribution in [1.82, 2.24) is 15.0 Å². The average Bonchev–Trinajstić information content (AvgIpc) is 2.94. The predicted octanol–water partition coefficient (Wildman–Crippen LogP) is 1.77. The molecule has 0 fully saturated rings. The molecule has 1 atom stereocenters. The quantitative estimate of drug-likeness (QED) is 0.630. The lowest BCUT2D eigenvalue weighted by molar-refractivity contribution is -0.384. The van der Waals surface area contributed by atoms with E-state index in [1.807, 2.05) is 12.3 Å². The molecule has 0 saturated heterocycles. The standard InChI is InChI=1S/C12H16N6O3S/c1-7(21-3)11-15-8(6-22-11)5-17(2)12-14-4-9(18(19)20)10(13)16-12/h4,6-7H,5H2,1-3H3,(H2,13,14,16). The number of thiazole rings is 1. The molecular formula is C12H16N6O3S. The Hall–Kier alpha value is -2.33. The van der Waals surface area contributed by atoms with E-state index in [2.05, 4.69) is 15.0 Å². The fourth-order valence-electron chi connectivity index (χ4n) is 1.70. The van der Waals surface area contributed by atoms with E-state index in [-0.39, 0.29) is 17.6 Å². The van der Waals surface area contributed by atoms with E-state index in [4.69, 9.17) is 10.5 Å². The second-order valence-corrected chi connectivity index (χ2v) is 5.50. The molecule has 1 unspecified atom stereocenters. The van der Waals surface area contributed by atoms with Gasteiger partial charge in [-0.2, -0.15) is 4.98 Å². The molecule has 0 radical (unpaired) electrons. The van der Waals surface area contributed by atoms with Gasteiger partial charge in [0, 0.05) is 19.5 Å². The third kappa shape index (κ3) is 3.46. The molecule has 2 N–H and O–H groups in total. The molecule has 10 heteroatoms. The minimum Gasteiger partial charge on any atom is -0.378 e. The zero-order valence-corrected chi connectivity index (χ0v) is 13.2. The van der Waals surface area contributed by atoms with Crippen LogP contribution in [0.25, 0.3) is 0 Å². The van der Waals surface area contributed by atoms with Crippen molar-refractivity contribution in [2.75, 3.05) is 24.8 Å². The van der Waals surface area contributed by atoms with Gasteiger partial charge in [0.05, 0.1) is 17.2 Å². The fourth-order valence-corrected chi connectivity index (χ4v) is 2.54. The summed E-state index contributed by atoms with van der Waals surface area (Å²) in [6, 6.07) is 0. The van der Waals surface area contributed by atoms with Crippen LogP contribution in [-0.4, -0.2) is 34.0 Å². The van der Waals surface area contributed by atoms with Crippen molar-refractivity contribution in [3.05, 3.63) is 32.4 Å². The van der Waals surface area contributed by atoms with E-state index < -0.39 is 4.92 Å². The molecule has 118 valence electrons. The van der Waals surface area contributed by atoms with Gasteiger partial charge in [0.1, 0.15) is 17.3 Å². The molecular weight excluding hydrogens is 308 g/mol. The van der Waals surface area contributed by atoms with Gasteiger partial charge in [-0.3, -0.25) is 10.1 Å². The summed E-state index contributed by atoms with van der Waals surface area (Å²) >= 11 is 1.51. The Balaban J connectivity index is 2.12. The molecule has 2 aromatic heterocycles. The van der Waals surface area contributed by atoms with Crippen molar-refractivity contribution >= 4 is 28.8 Å². The van der Waals surface area contributed by atoms with Crippen molar-refractivity contribution in [3.8, 4) is 0 Å². The number of methoxy groups -OCH3 is 1. The van der Waals surface area contributed by atoms with Crippen LogP contribution < -0.4 is 10.6 Å². The van der Waals surface area contributed by atoms with E-state index in [1.165, 1.54) is 11.3 Å². The van der Waals surface area contributed by atoms with Crippen LogP contribution >= 0.6 is 11.3 Å². The summed E-state index contributed by atoms with van der Waals surface area (Å²) in [5.41, 5.74) is 6.10. The molecule has 2 aromatic rings. The van der Waals surface area contributed by atoms with Crippen molar-refractivity contribution in [1.29, 1.82) is 0 Å². The lowest BCUT2D eigenvalue weighted by Crippen LogP contribution is -2.20. The molecule has 0 aliphatic heterocycles. The minimum atomic E-state index is -0.613. The summed E-state index contributed by atoms with van der Waals surface area (Å²) in [7, 11) is 3.39. The number of hydrogen-bond acceptors (Lipinski definition) is 9. The maximum Gasteiger partial charge on any atom is 0.329 e. The Morgan fingerprint density at radius 3 is 2.86 bits per heavy atom. The van der Waals surface area contributed by atoms with Gasteiger partial charge in [0.2, 0.25) is 11.8 Å². The van der Waals surface area contributed by atoms with E-state index in [0.29, 0.717) is 12.5 Å². The first kappa shape index (κ1) is 16.0. The van der Waals surface area contributed by atoms with Gasteiger partial charge in [0.25, 0.3) is 0 Å². The summed E-state index contributed by atoms with van der Waals surface area (Å²) in [5.74, 6) is 0.145. The van der Waals surface area contributed by atoms with Crippen LogP contribution in [0.2, 0.25) is 0 Å². The van der Waals surface area contributed by atoms with Gasteiger partial charge >= 0.3 is 5.69 Å². The van der Waals surface area contributed by atoms with Crippen molar-refractivity contribution in [2.24, 2.45) is 0 Å². The van der Waals surface area contributed by atoms with Gasteiger partial charge < -0.3 is 15.4 Å². The van der Waals surface area contributed by atoms with Gasteiger partial charge in [-0.15, -0.1) is 11.3 Å². The molecule has 9 nitrogen and oxygen atoms in total. The van der Waals surface area contributed by atoms with Crippen molar-refractivity contribution in [3.63, 3.8) is 0 Å². The zero-order chi connectivity index (χ0) is 16.3. The van der Waals surface area contributed by atoms with E-state index >= 15 is 0 Å². The van der Waals surface area contributed by atoms with Crippen LogP contribution in [0, 0.1) is 10.1 Å². The van der Waals surface area contributed by atoms with Crippen LogP contribution in [-0.2, 0) is 11.3 Å². The number of aromatic nitrogens is 3. The lowest BCUT2D eigenvalue weighted by Gasteiger charge is -2.15. The number of nitrogens with zero attached hydrogens (tertiary/aromatic N) is 5. The first-order chi connectivity index (χ1) is 10.4. The highest BCUT2D eigenvalue weighted by Crippen LogP contribution is 2.23. The summed E-state index contributed by atoms with van der Waals surface area (Å²) in [4.78, 5) is 24.2. The second-order valence-electron chi connectivity index (χ2n) is 4.61. The van der Waals surface area contributed by atoms with Crippen molar-refractivity contribution < 1.29 is 9.66 Å². The Morgan fingerprint density at radius 1 is 1.55 bits per heavy atom. The summed E-state index contributed by atoms with van der Waals surface area (Å²) < 4.78 is 5.22. The third-order valence-corrected chi connectivity index (χ3v) is 4.05. The highest BCUT2D eigenvalue weighted by molar-refractivity contribution is 7.09. The normalized spacial score (nSPS) is 12.1. The van der Waals surface area contributed by atoms with E-state index in [1.54, 1.807) is 19.1 Å². The van der Waals surface area contributed by atoms with Gasteiger partial charge in [-0.05, 0) is 6.92 Å². The highest BCUT2D eigenvalue weighted by Gasteiger charge is 2.17. The fraction of sp³-hybridized carbons (Fsp3) is 0.417. The Labute approximate surface area is 130 Å². The number of hydrogen-bond donors (Lipinski definition) is 1. The first-order valence-electron chi connectivity index (χ1n) is 6.37. The molecule has 2 rings (SSSR count). The molecule has 0 amide bonds. The number of nitrogens with two attached hydrogens (primary N) is 1. The lowest BCUT2D eigenvalue weighted by atomic mass is 10.4. The van der Waals surface area contributed by atoms with Gasteiger partial charge in [-0.1, -0.05) is 0 Å². The molecule has 0 spiro atoms. The number of nitro groups is 1. The average molecular weight is 324 g/mol. The smallest absolute Gasteiger partial charge is 0.329 e. The number of rotatable bonds is 6. The SMILES string of the molecule is COC(C)c1nc(CN(C)c2ncc([N+](=O)[O-])c(N)n2)cs1. The Morgan fingerprint density at radius 2 is 2.27 bits per heavy atom. The van der Waals surface area contributed by atoms with Crippen LogP contribution in [0.1, 0.15) is 23.7 Å². The third-order valence-electron chi connectivity index (χ3n) is 2.99. The largest absolute Gasteiger partial charge is 0.378 e. The molecule has 0 aromatic carbocycles. The van der Waals surface area contributed by atoms with E-state index in [9.17, 15) is 10.1 Å². The first-order valence-corrected chi connectivity index (χ1v) is 7.25. The zero-order valence-electron chi connectivity index (χ0n) is 12.4. The van der Waals surface area contributed by atoms with Gasteiger partial charge in [-0.25, -0.2) is 9.97 Å². The monoisotopic (exact) mass is 324 g/mol. The Bertz CT molecular complexity index is 677. The molecule has 22 heavy (non-hydrogen) atoms. The number of anilines is 2. The highest BCUT2D eigenvalue weighted by atomic mass is 32.1. The summed E-state index contributed by atoms with van der Waals surface area (Å²) in [6.07, 6.45) is 1.04. The Kier molecular flexibility index (Phi) is 4.83. The molecule has 0 saturated carbocycles.